The van der Waals surface area contributed by atoms with Crippen LogP contribution in [0.4, 0.5) is 0 Å². The topological polar surface area (TPSA) is 75.9 Å². The molecule has 1 amide bonds. The van der Waals surface area contributed by atoms with Gasteiger partial charge in [-0.1, -0.05) is 0 Å². The van der Waals surface area contributed by atoms with Gasteiger partial charge in [-0.3, -0.25) is 9.36 Å². The number of fused-ring (bicyclic) bond motifs is 2. The summed E-state index contributed by atoms with van der Waals surface area (Å²) in [6.45, 7) is 2.71. The van der Waals surface area contributed by atoms with Gasteiger partial charge in [0.2, 0.25) is 0 Å². The van der Waals surface area contributed by atoms with Crippen LogP contribution in [0.15, 0.2) is 35.4 Å². The summed E-state index contributed by atoms with van der Waals surface area (Å²) in [4.78, 5) is 34.0. The number of amides is 1. The number of benzene rings is 1. The monoisotopic (exact) mass is 337 g/mol. The van der Waals surface area contributed by atoms with Crippen molar-refractivity contribution in [1.29, 1.82) is 0 Å². The van der Waals surface area contributed by atoms with Crippen LogP contribution in [0.1, 0.15) is 29.0 Å². The number of hydrogen-bond donors (Lipinski definition) is 1. The van der Waals surface area contributed by atoms with Gasteiger partial charge in [0.05, 0.1) is 17.6 Å². The van der Waals surface area contributed by atoms with E-state index in [-0.39, 0.29) is 11.6 Å². The number of carbonyl (C=O) groups excluding carboxylic acids is 1. The van der Waals surface area contributed by atoms with E-state index in [4.69, 9.17) is 0 Å². The molecule has 2 aromatic heterocycles. The second-order valence-electron chi connectivity index (χ2n) is 6.98. The van der Waals surface area contributed by atoms with Gasteiger partial charge < -0.3 is 14.5 Å². The normalized spacial score (nSPS) is 17.0. The van der Waals surface area contributed by atoms with Crippen LogP contribution >= 0.6 is 0 Å². The second-order valence-corrected chi connectivity index (χ2v) is 6.98. The van der Waals surface area contributed by atoms with Crippen LogP contribution in [0.25, 0.3) is 11.0 Å². The van der Waals surface area contributed by atoms with Crippen LogP contribution in [0, 0.1) is 5.92 Å². The SMILES string of the molecule is O=C(c1ccc2c(c1)[nH]c(=O)n2CC1CC1)N1CCn2ccnc2C1. The van der Waals surface area contributed by atoms with Crippen molar-refractivity contribution < 1.29 is 4.79 Å². The summed E-state index contributed by atoms with van der Waals surface area (Å²) in [6, 6.07) is 5.50. The van der Waals surface area contributed by atoms with E-state index < -0.39 is 0 Å². The Kier molecular flexibility index (Phi) is 3.10. The van der Waals surface area contributed by atoms with Gasteiger partial charge >= 0.3 is 5.69 Å². The molecule has 1 aliphatic carbocycles. The van der Waals surface area contributed by atoms with Crippen LogP contribution in [-0.2, 0) is 19.6 Å². The predicted octanol–water partition coefficient (Wildman–Crippen LogP) is 1.59. The molecule has 0 saturated heterocycles. The Morgan fingerprint density at radius 3 is 3.00 bits per heavy atom. The summed E-state index contributed by atoms with van der Waals surface area (Å²) in [5, 5.41) is 0. The molecule has 0 radical (unpaired) electrons. The molecule has 0 unspecified atom stereocenters. The van der Waals surface area contributed by atoms with Gasteiger partial charge in [0.15, 0.2) is 0 Å². The number of H-pyrrole nitrogens is 1. The van der Waals surface area contributed by atoms with Gasteiger partial charge in [0.25, 0.3) is 5.91 Å². The molecule has 7 nitrogen and oxygen atoms in total. The van der Waals surface area contributed by atoms with Crippen LogP contribution in [0.3, 0.4) is 0 Å². The Labute approximate surface area is 143 Å². The highest BCUT2D eigenvalue weighted by molar-refractivity contribution is 5.97. The fraction of sp³-hybridized carbons (Fsp3) is 0.389. The van der Waals surface area contributed by atoms with Gasteiger partial charge in [-0.05, 0) is 37.0 Å². The van der Waals surface area contributed by atoms with Gasteiger partial charge in [-0.15, -0.1) is 0 Å². The smallest absolute Gasteiger partial charge is 0.326 e. The highest BCUT2D eigenvalue weighted by Gasteiger charge is 2.25. The Bertz CT molecular complexity index is 1020. The van der Waals surface area contributed by atoms with Crippen molar-refractivity contribution >= 4 is 16.9 Å². The molecule has 7 heteroatoms. The van der Waals surface area contributed by atoms with Crippen LogP contribution < -0.4 is 5.69 Å². The lowest BCUT2D eigenvalue weighted by molar-refractivity contribution is 0.0707. The first-order valence-electron chi connectivity index (χ1n) is 8.71. The number of rotatable bonds is 3. The first kappa shape index (κ1) is 14.5. The lowest BCUT2D eigenvalue weighted by Crippen LogP contribution is -2.38. The predicted molar refractivity (Wildman–Crippen MR) is 92.3 cm³/mol. The Morgan fingerprint density at radius 2 is 2.16 bits per heavy atom. The molecule has 2 aliphatic rings. The molecular formula is C18H19N5O2. The molecule has 128 valence electrons. The Morgan fingerprint density at radius 1 is 1.28 bits per heavy atom. The molecule has 1 fully saturated rings. The van der Waals surface area contributed by atoms with E-state index in [1.165, 1.54) is 12.8 Å². The zero-order valence-electron chi connectivity index (χ0n) is 13.8. The first-order chi connectivity index (χ1) is 12.2. The molecule has 1 aromatic carbocycles. The highest BCUT2D eigenvalue weighted by atomic mass is 16.2. The van der Waals surface area contributed by atoms with Crippen LogP contribution in [-0.4, -0.2) is 36.5 Å². The van der Waals surface area contributed by atoms with Crippen LogP contribution in [0.2, 0.25) is 0 Å². The molecule has 3 aromatic rings. The third kappa shape index (κ3) is 2.47. The maximum Gasteiger partial charge on any atom is 0.326 e. The Hall–Kier alpha value is -2.83. The highest BCUT2D eigenvalue weighted by Crippen LogP contribution is 2.31. The zero-order chi connectivity index (χ0) is 17.0. The molecule has 5 rings (SSSR count). The van der Waals surface area contributed by atoms with Gasteiger partial charge in [0.1, 0.15) is 5.82 Å². The number of imidazole rings is 2. The lowest BCUT2D eigenvalue weighted by Gasteiger charge is -2.27. The maximum absolute atomic E-state index is 12.8. The fourth-order valence-corrected chi connectivity index (χ4v) is 3.57. The average molecular weight is 337 g/mol. The first-order valence-corrected chi connectivity index (χ1v) is 8.71. The number of aromatic amines is 1. The van der Waals surface area contributed by atoms with E-state index >= 15 is 0 Å². The van der Waals surface area contributed by atoms with E-state index in [1.54, 1.807) is 16.8 Å². The molecule has 1 aliphatic heterocycles. The van der Waals surface area contributed by atoms with Gasteiger partial charge in [-0.25, -0.2) is 9.78 Å². The third-order valence-electron chi connectivity index (χ3n) is 5.19. The van der Waals surface area contributed by atoms with Gasteiger partial charge in [0, 0.05) is 37.6 Å². The second kappa shape index (κ2) is 5.34. The summed E-state index contributed by atoms with van der Waals surface area (Å²) >= 11 is 0. The Balaban J connectivity index is 1.45. The molecule has 1 N–H and O–H groups in total. The zero-order valence-corrected chi connectivity index (χ0v) is 13.8. The summed E-state index contributed by atoms with van der Waals surface area (Å²) in [5.41, 5.74) is 2.12. The van der Waals surface area contributed by atoms with Crippen molar-refractivity contribution in [1.82, 2.24) is 24.0 Å². The molecule has 1 saturated carbocycles. The number of hydrogen-bond acceptors (Lipinski definition) is 3. The van der Waals surface area contributed by atoms with Crippen molar-refractivity contribution in [3.05, 3.63) is 52.5 Å². The molecule has 0 spiro atoms. The summed E-state index contributed by atoms with van der Waals surface area (Å²) in [7, 11) is 0. The molecule has 25 heavy (non-hydrogen) atoms. The maximum atomic E-state index is 12.8. The van der Waals surface area contributed by atoms with Crippen molar-refractivity contribution in [3.63, 3.8) is 0 Å². The largest absolute Gasteiger partial charge is 0.332 e. The average Bonchev–Trinajstić information content (AvgIpc) is 3.22. The molecule has 0 atom stereocenters. The van der Waals surface area contributed by atoms with E-state index in [0.29, 0.717) is 24.6 Å². The van der Waals surface area contributed by atoms with Crippen LogP contribution in [0.5, 0.6) is 0 Å². The van der Waals surface area contributed by atoms with Gasteiger partial charge in [-0.2, -0.15) is 0 Å². The lowest BCUT2D eigenvalue weighted by atomic mass is 10.1. The van der Waals surface area contributed by atoms with E-state index in [0.717, 1.165) is 29.9 Å². The molecular weight excluding hydrogens is 318 g/mol. The number of nitrogens with zero attached hydrogens (tertiary/aromatic N) is 4. The van der Waals surface area contributed by atoms with E-state index in [2.05, 4.69) is 14.5 Å². The summed E-state index contributed by atoms with van der Waals surface area (Å²) in [5.74, 6) is 1.51. The number of carbonyl (C=O) groups is 1. The quantitative estimate of drug-likeness (QED) is 0.788. The third-order valence-corrected chi connectivity index (χ3v) is 5.19. The molecule has 3 heterocycles. The number of nitrogens with one attached hydrogen (secondary N) is 1. The minimum absolute atomic E-state index is 0.0214. The summed E-state index contributed by atoms with van der Waals surface area (Å²) in [6.07, 6.45) is 6.10. The standard InChI is InChI=1S/C18H19N5O2/c24-17(22-8-7-21-6-5-19-16(21)11-22)13-3-4-15-14(9-13)20-18(25)23(15)10-12-1-2-12/h3-6,9,12H,1-2,7-8,10-11H2,(H,20,25). The minimum atomic E-state index is -0.0912. The van der Waals surface area contributed by atoms with Crippen molar-refractivity contribution in [2.75, 3.05) is 6.54 Å². The summed E-state index contributed by atoms with van der Waals surface area (Å²) < 4.78 is 3.86. The van der Waals surface area contributed by atoms with E-state index in [1.807, 2.05) is 23.2 Å². The number of aromatic nitrogens is 4. The minimum Gasteiger partial charge on any atom is -0.332 e. The molecule has 0 bridgehead atoms. The fourth-order valence-electron chi connectivity index (χ4n) is 3.57. The van der Waals surface area contributed by atoms with Crippen molar-refractivity contribution in [2.45, 2.75) is 32.5 Å². The van der Waals surface area contributed by atoms with Crippen molar-refractivity contribution in [2.24, 2.45) is 5.92 Å². The van der Waals surface area contributed by atoms with E-state index in [9.17, 15) is 9.59 Å². The van der Waals surface area contributed by atoms with Crippen molar-refractivity contribution in [3.8, 4) is 0 Å².